The molecule has 2 nitrogen and oxygen atoms in total. The molecule has 0 saturated heterocycles. The first kappa shape index (κ1) is 13.6. The molecule has 0 N–H and O–H groups in total. The number of rotatable bonds is 1. The van der Waals surface area contributed by atoms with Gasteiger partial charge in [-0.15, -0.1) is 0 Å². The lowest BCUT2D eigenvalue weighted by molar-refractivity contribution is -0.141. The largest absolute Gasteiger partial charge is 0.435 e. The molecule has 1 aromatic heterocycles. The molecule has 0 radical (unpaired) electrons. The minimum Gasteiger partial charge on any atom is -0.266 e. The Labute approximate surface area is 109 Å². The smallest absolute Gasteiger partial charge is 0.266 e. The van der Waals surface area contributed by atoms with E-state index in [4.69, 9.17) is 0 Å². The maximum Gasteiger partial charge on any atom is 0.435 e. The fraction of sp³-hybridized carbons (Fsp3) is 0.357. The molecular formula is C14H15F3N2. The molecule has 0 aliphatic heterocycles. The predicted molar refractivity (Wildman–Crippen MR) is 67.7 cm³/mol. The Kier molecular flexibility index (Phi) is 3.16. The highest BCUT2D eigenvalue weighted by molar-refractivity contribution is 5.65. The summed E-state index contributed by atoms with van der Waals surface area (Å²) in [5, 5.41) is 3.72. The van der Waals surface area contributed by atoms with Crippen molar-refractivity contribution in [2.75, 3.05) is 0 Å². The SMILES string of the molecule is CC(C)(C)n1cc(-c2ccccc2)c(C(F)(F)F)n1. The van der Waals surface area contributed by atoms with Crippen molar-refractivity contribution in [3.8, 4) is 11.1 Å². The molecule has 0 bridgehead atoms. The molecule has 0 amide bonds. The van der Waals surface area contributed by atoms with E-state index in [9.17, 15) is 13.2 Å². The van der Waals surface area contributed by atoms with Crippen molar-refractivity contribution in [2.45, 2.75) is 32.5 Å². The highest BCUT2D eigenvalue weighted by Crippen LogP contribution is 2.37. The Morgan fingerprint density at radius 1 is 1.00 bits per heavy atom. The van der Waals surface area contributed by atoms with Gasteiger partial charge in [0.25, 0.3) is 0 Å². The summed E-state index contributed by atoms with van der Waals surface area (Å²) in [7, 11) is 0. The van der Waals surface area contributed by atoms with Crippen LogP contribution in [0.2, 0.25) is 0 Å². The molecule has 0 atom stereocenters. The molecule has 0 spiro atoms. The summed E-state index contributed by atoms with van der Waals surface area (Å²) in [6.45, 7) is 5.44. The van der Waals surface area contributed by atoms with Crippen LogP contribution in [0.4, 0.5) is 13.2 Å². The number of hydrogen-bond acceptors (Lipinski definition) is 1. The second kappa shape index (κ2) is 4.40. The van der Waals surface area contributed by atoms with Crippen LogP contribution >= 0.6 is 0 Å². The molecule has 5 heteroatoms. The molecule has 1 heterocycles. The van der Waals surface area contributed by atoms with Crippen LogP contribution in [0.1, 0.15) is 26.5 Å². The number of halogens is 3. The van der Waals surface area contributed by atoms with Crippen molar-refractivity contribution in [3.05, 3.63) is 42.2 Å². The Balaban J connectivity index is 2.63. The molecule has 2 rings (SSSR count). The molecule has 2 aromatic rings. The standard InChI is InChI=1S/C14H15F3N2/c1-13(2,3)19-9-11(10-7-5-4-6-8-10)12(18-19)14(15,16)17/h4-9H,1-3H3. The van der Waals surface area contributed by atoms with Crippen molar-refractivity contribution in [1.82, 2.24) is 9.78 Å². The normalized spacial score (nSPS) is 12.7. The Morgan fingerprint density at radius 2 is 1.58 bits per heavy atom. The lowest BCUT2D eigenvalue weighted by Crippen LogP contribution is -2.23. The Morgan fingerprint density at radius 3 is 2.05 bits per heavy atom. The van der Waals surface area contributed by atoms with Gasteiger partial charge in [0, 0.05) is 11.8 Å². The van der Waals surface area contributed by atoms with E-state index >= 15 is 0 Å². The van der Waals surface area contributed by atoms with Gasteiger partial charge >= 0.3 is 6.18 Å². The zero-order chi connectivity index (χ0) is 14.3. The van der Waals surface area contributed by atoms with Crippen LogP contribution < -0.4 is 0 Å². The predicted octanol–water partition coefficient (Wildman–Crippen LogP) is 4.32. The second-order valence-corrected chi connectivity index (χ2v) is 5.37. The summed E-state index contributed by atoms with van der Waals surface area (Å²) < 4.78 is 40.5. The summed E-state index contributed by atoms with van der Waals surface area (Å²) in [6.07, 6.45) is -3.00. The van der Waals surface area contributed by atoms with Crippen molar-refractivity contribution < 1.29 is 13.2 Å². The van der Waals surface area contributed by atoms with E-state index < -0.39 is 17.4 Å². The van der Waals surface area contributed by atoms with E-state index in [1.807, 2.05) is 20.8 Å². The van der Waals surface area contributed by atoms with Gasteiger partial charge < -0.3 is 0 Å². The topological polar surface area (TPSA) is 17.8 Å². The molecule has 0 saturated carbocycles. The maximum absolute atomic E-state index is 13.1. The molecule has 0 unspecified atom stereocenters. The molecule has 102 valence electrons. The molecule has 0 aliphatic carbocycles. The zero-order valence-electron chi connectivity index (χ0n) is 11.0. The van der Waals surface area contributed by atoms with Crippen molar-refractivity contribution in [1.29, 1.82) is 0 Å². The minimum atomic E-state index is -4.46. The number of benzene rings is 1. The highest BCUT2D eigenvalue weighted by Gasteiger charge is 2.38. The summed E-state index contributed by atoms with van der Waals surface area (Å²) in [6, 6.07) is 8.50. The van der Waals surface area contributed by atoms with Crippen LogP contribution in [0.5, 0.6) is 0 Å². The molecule has 19 heavy (non-hydrogen) atoms. The third-order valence-corrected chi connectivity index (χ3v) is 2.75. The van der Waals surface area contributed by atoms with Gasteiger partial charge in [0.1, 0.15) is 0 Å². The Hall–Kier alpha value is -1.78. The van der Waals surface area contributed by atoms with Crippen molar-refractivity contribution >= 4 is 0 Å². The van der Waals surface area contributed by atoms with E-state index in [1.165, 1.54) is 10.9 Å². The number of nitrogens with zero attached hydrogens (tertiary/aromatic N) is 2. The quantitative estimate of drug-likeness (QED) is 0.753. The molecule has 1 aromatic carbocycles. The lowest BCUT2D eigenvalue weighted by atomic mass is 10.1. The van der Waals surface area contributed by atoms with Crippen LogP contribution in [0.25, 0.3) is 11.1 Å². The fourth-order valence-corrected chi connectivity index (χ4v) is 1.76. The first-order valence-electron chi connectivity index (χ1n) is 5.92. The van der Waals surface area contributed by atoms with Crippen LogP contribution in [0.3, 0.4) is 0 Å². The van der Waals surface area contributed by atoms with E-state index in [-0.39, 0.29) is 5.56 Å². The third-order valence-electron chi connectivity index (χ3n) is 2.75. The van der Waals surface area contributed by atoms with Gasteiger partial charge in [0.2, 0.25) is 0 Å². The van der Waals surface area contributed by atoms with E-state index in [0.29, 0.717) is 5.56 Å². The van der Waals surface area contributed by atoms with Gasteiger partial charge in [-0.2, -0.15) is 18.3 Å². The molecule has 0 aliphatic rings. The lowest BCUT2D eigenvalue weighted by Gasteiger charge is -2.18. The fourth-order valence-electron chi connectivity index (χ4n) is 1.76. The van der Waals surface area contributed by atoms with E-state index in [0.717, 1.165) is 0 Å². The first-order valence-corrected chi connectivity index (χ1v) is 5.92. The summed E-state index contributed by atoms with van der Waals surface area (Å²) in [4.78, 5) is 0. The van der Waals surface area contributed by atoms with Gasteiger partial charge in [0.15, 0.2) is 5.69 Å². The van der Waals surface area contributed by atoms with Crippen LogP contribution in [-0.4, -0.2) is 9.78 Å². The first-order chi connectivity index (χ1) is 8.69. The van der Waals surface area contributed by atoms with Gasteiger partial charge in [-0.1, -0.05) is 30.3 Å². The van der Waals surface area contributed by atoms with Crippen LogP contribution in [0.15, 0.2) is 36.5 Å². The maximum atomic E-state index is 13.1. The minimum absolute atomic E-state index is 0.114. The average molecular weight is 268 g/mol. The van der Waals surface area contributed by atoms with Gasteiger partial charge in [-0.25, -0.2) is 0 Å². The third kappa shape index (κ3) is 2.80. The Bertz CT molecular complexity index is 563. The number of aromatic nitrogens is 2. The van der Waals surface area contributed by atoms with Gasteiger partial charge in [-0.3, -0.25) is 4.68 Å². The molecular weight excluding hydrogens is 253 g/mol. The van der Waals surface area contributed by atoms with Gasteiger partial charge in [-0.05, 0) is 26.3 Å². The number of hydrogen-bond donors (Lipinski definition) is 0. The van der Waals surface area contributed by atoms with Crippen LogP contribution in [-0.2, 0) is 11.7 Å². The van der Waals surface area contributed by atoms with Crippen LogP contribution in [0, 0.1) is 0 Å². The van der Waals surface area contributed by atoms with E-state index in [1.54, 1.807) is 30.3 Å². The summed E-state index contributed by atoms with van der Waals surface area (Å²) >= 11 is 0. The zero-order valence-corrected chi connectivity index (χ0v) is 11.0. The van der Waals surface area contributed by atoms with Crippen molar-refractivity contribution in [2.24, 2.45) is 0 Å². The summed E-state index contributed by atoms with van der Waals surface area (Å²) in [5.41, 5.74) is -0.700. The van der Waals surface area contributed by atoms with Gasteiger partial charge in [0.05, 0.1) is 5.54 Å². The highest BCUT2D eigenvalue weighted by atomic mass is 19.4. The van der Waals surface area contributed by atoms with E-state index in [2.05, 4.69) is 5.10 Å². The second-order valence-electron chi connectivity index (χ2n) is 5.37. The number of alkyl halides is 3. The molecule has 0 fully saturated rings. The van der Waals surface area contributed by atoms with Crippen molar-refractivity contribution in [3.63, 3.8) is 0 Å². The monoisotopic (exact) mass is 268 g/mol. The summed E-state index contributed by atoms with van der Waals surface area (Å²) in [5.74, 6) is 0. The average Bonchev–Trinajstić information content (AvgIpc) is 2.74.